The van der Waals surface area contributed by atoms with Crippen LogP contribution in [-0.2, 0) is 16.7 Å². The number of hydrogen-bond acceptors (Lipinski definition) is 2. The first-order valence-electron chi connectivity index (χ1n) is 15.8. The molecule has 0 amide bonds. The number of pyridine rings is 2. The Hall–Kier alpha value is -4.22. The quantitative estimate of drug-likeness (QED) is 0.171. The van der Waals surface area contributed by atoms with Crippen LogP contribution in [0.4, 0.5) is 0 Å². The molecule has 2 atom stereocenters. The zero-order valence-corrected chi connectivity index (χ0v) is 28.8. The summed E-state index contributed by atoms with van der Waals surface area (Å²) in [5.74, 6) is 0. The molecule has 0 fully saturated rings. The molecule has 0 spiro atoms. The lowest BCUT2D eigenvalue weighted by atomic mass is 9.70. The first-order valence-corrected chi connectivity index (χ1v) is 17.2. The minimum absolute atomic E-state index is 0.227. The Bertz CT molecular complexity index is 2110. The molecular formula is C42H38N2P2. The third-order valence-corrected chi connectivity index (χ3v) is 10.2. The Labute approximate surface area is 276 Å². The van der Waals surface area contributed by atoms with E-state index in [0.717, 1.165) is 39.4 Å². The third kappa shape index (κ3) is 5.35. The number of hydrogen-bond donors (Lipinski definition) is 0. The van der Waals surface area contributed by atoms with Crippen molar-refractivity contribution >= 4 is 40.3 Å². The van der Waals surface area contributed by atoms with E-state index in [4.69, 9.17) is 9.97 Å². The summed E-state index contributed by atoms with van der Waals surface area (Å²) in [5.41, 5.74) is 12.3. The lowest BCUT2D eigenvalue weighted by molar-refractivity contribution is 0.577. The monoisotopic (exact) mass is 632 g/mol. The first kappa shape index (κ1) is 30.4. The van der Waals surface area contributed by atoms with E-state index < -0.39 is 5.16 Å². The van der Waals surface area contributed by atoms with Crippen molar-refractivity contribution in [1.82, 2.24) is 9.97 Å². The van der Waals surface area contributed by atoms with Crippen LogP contribution in [0.15, 0.2) is 140 Å². The predicted molar refractivity (Wildman–Crippen MR) is 203 cm³/mol. The van der Waals surface area contributed by atoms with Gasteiger partial charge in [0, 0.05) is 10.8 Å². The maximum atomic E-state index is 5.39. The highest BCUT2D eigenvalue weighted by Crippen LogP contribution is 2.54. The van der Waals surface area contributed by atoms with Crippen molar-refractivity contribution in [1.29, 1.82) is 0 Å². The van der Waals surface area contributed by atoms with Gasteiger partial charge in [-0.1, -0.05) is 130 Å². The summed E-state index contributed by atoms with van der Waals surface area (Å²) in [6.07, 6.45) is 0.782. The van der Waals surface area contributed by atoms with Crippen LogP contribution in [0.1, 0.15) is 48.8 Å². The van der Waals surface area contributed by atoms with Gasteiger partial charge in [0.25, 0.3) is 0 Å². The summed E-state index contributed by atoms with van der Waals surface area (Å²) < 4.78 is 0. The lowest BCUT2D eigenvalue weighted by Crippen LogP contribution is -2.31. The minimum Gasteiger partial charge on any atom is -0.251 e. The van der Waals surface area contributed by atoms with Gasteiger partial charge in [-0.2, -0.15) is 0 Å². The van der Waals surface area contributed by atoms with E-state index in [2.05, 4.69) is 179 Å². The Kier molecular flexibility index (Phi) is 8.06. The van der Waals surface area contributed by atoms with Gasteiger partial charge in [0.05, 0.1) is 27.6 Å². The Morgan fingerprint density at radius 3 is 1.52 bits per heavy atom. The maximum Gasteiger partial charge on any atom is 0.0939 e. The highest BCUT2D eigenvalue weighted by Gasteiger charge is 2.42. The van der Waals surface area contributed by atoms with Crippen molar-refractivity contribution in [3.05, 3.63) is 168 Å². The fourth-order valence-electron chi connectivity index (χ4n) is 6.81. The van der Waals surface area contributed by atoms with Crippen molar-refractivity contribution in [2.45, 2.75) is 37.5 Å². The summed E-state index contributed by atoms with van der Waals surface area (Å²) >= 11 is 0. The molecule has 226 valence electrons. The van der Waals surface area contributed by atoms with Crippen LogP contribution in [0.5, 0.6) is 0 Å². The standard InChI is InChI=1S/C42H38N2P2/c1-41(2,3)40-38(31-18-8-5-9-19-31)33(28-14-6-4-7-15-28)26-32(27-45)39(40)42(46,36-24-22-29-16-10-12-20-34(29)43-36)37-25-23-30-17-11-13-21-35(30)44-37/h4-26H,27,45-46H2,1-3H3. The van der Waals surface area contributed by atoms with E-state index in [1.165, 1.54) is 38.9 Å². The Balaban J connectivity index is 1.67. The molecule has 7 rings (SSSR count). The molecule has 2 heterocycles. The van der Waals surface area contributed by atoms with Crippen molar-refractivity contribution in [2.24, 2.45) is 0 Å². The second-order valence-corrected chi connectivity index (χ2v) is 14.3. The molecule has 0 aliphatic heterocycles. The zero-order chi connectivity index (χ0) is 31.9. The molecular weight excluding hydrogens is 594 g/mol. The normalized spacial score (nSPS) is 12.1. The Morgan fingerprint density at radius 2 is 1.02 bits per heavy atom. The van der Waals surface area contributed by atoms with Gasteiger partial charge < -0.3 is 0 Å². The zero-order valence-electron chi connectivity index (χ0n) is 26.5. The van der Waals surface area contributed by atoms with Crippen LogP contribution in [0.3, 0.4) is 0 Å². The topological polar surface area (TPSA) is 25.8 Å². The predicted octanol–water partition coefficient (Wildman–Crippen LogP) is 11.0. The average Bonchev–Trinajstić information content (AvgIpc) is 3.10. The molecule has 0 saturated carbocycles. The highest BCUT2D eigenvalue weighted by molar-refractivity contribution is 7.19. The largest absolute Gasteiger partial charge is 0.251 e. The smallest absolute Gasteiger partial charge is 0.0939 e. The molecule has 2 nitrogen and oxygen atoms in total. The van der Waals surface area contributed by atoms with Crippen molar-refractivity contribution in [3.63, 3.8) is 0 Å². The van der Waals surface area contributed by atoms with Gasteiger partial charge >= 0.3 is 0 Å². The van der Waals surface area contributed by atoms with Crippen LogP contribution in [0.2, 0.25) is 0 Å². The number of rotatable bonds is 6. The summed E-state index contributed by atoms with van der Waals surface area (Å²) in [4.78, 5) is 10.8. The third-order valence-electron chi connectivity index (χ3n) is 8.93. The molecule has 2 aromatic heterocycles. The SMILES string of the molecule is CC(C)(C)c1c(-c2ccccc2)c(-c2ccccc2)cc(CP)c1C(P)(c1ccc2ccccc2n1)c1ccc2ccccc2n1. The molecule has 0 aliphatic rings. The second-order valence-electron chi connectivity index (χ2n) is 13.0. The van der Waals surface area contributed by atoms with Gasteiger partial charge in [-0.25, -0.2) is 0 Å². The van der Waals surface area contributed by atoms with Gasteiger partial charge in [-0.05, 0) is 80.9 Å². The summed E-state index contributed by atoms with van der Waals surface area (Å²) in [6, 6.07) is 49.6. The molecule has 2 unspecified atom stereocenters. The minimum atomic E-state index is -0.749. The molecule has 5 aromatic carbocycles. The van der Waals surface area contributed by atoms with E-state index in [0.29, 0.717) is 0 Å². The van der Waals surface area contributed by atoms with Gasteiger partial charge in [0.1, 0.15) is 0 Å². The first-order chi connectivity index (χ1) is 22.3. The fraction of sp³-hybridized carbons (Fsp3) is 0.143. The van der Waals surface area contributed by atoms with E-state index in [1.807, 2.05) is 0 Å². The van der Waals surface area contributed by atoms with Crippen LogP contribution in [-0.4, -0.2) is 9.97 Å². The molecule has 4 heteroatoms. The Morgan fingerprint density at radius 1 is 0.543 bits per heavy atom. The maximum absolute atomic E-state index is 5.39. The number of aromatic nitrogens is 2. The number of nitrogens with zero attached hydrogens (tertiary/aromatic N) is 2. The molecule has 0 saturated heterocycles. The van der Waals surface area contributed by atoms with Gasteiger partial charge in [0.2, 0.25) is 0 Å². The van der Waals surface area contributed by atoms with E-state index >= 15 is 0 Å². The summed E-state index contributed by atoms with van der Waals surface area (Å²) in [6.45, 7) is 7.02. The van der Waals surface area contributed by atoms with Crippen molar-refractivity contribution < 1.29 is 0 Å². The molecule has 46 heavy (non-hydrogen) atoms. The molecule has 0 radical (unpaired) electrons. The number of para-hydroxylation sites is 2. The van der Waals surface area contributed by atoms with Crippen LogP contribution in [0, 0.1) is 0 Å². The van der Waals surface area contributed by atoms with Gasteiger partial charge in [-0.15, -0.1) is 18.5 Å². The van der Waals surface area contributed by atoms with Gasteiger partial charge in [-0.3, -0.25) is 9.97 Å². The van der Waals surface area contributed by atoms with Crippen LogP contribution >= 0.6 is 18.5 Å². The second kappa shape index (κ2) is 12.2. The average molecular weight is 633 g/mol. The number of benzene rings is 5. The van der Waals surface area contributed by atoms with E-state index in [1.54, 1.807) is 0 Å². The van der Waals surface area contributed by atoms with E-state index in [9.17, 15) is 0 Å². The highest BCUT2D eigenvalue weighted by atomic mass is 31.0. The fourth-order valence-corrected chi connectivity index (χ4v) is 7.78. The van der Waals surface area contributed by atoms with Gasteiger partial charge in [0.15, 0.2) is 0 Å². The molecule has 0 bridgehead atoms. The van der Waals surface area contributed by atoms with E-state index in [-0.39, 0.29) is 5.41 Å². The summed E-state index contributed by atoms with van der Waals surface area (Å²) in [7, 11) is 6.31. The van der Waals surface area contributed by atoms with Crippen molar-refractivity contribution in [2.75, 3.05) is 0 Å². The van der Waals surface area contributed by atoms with Crippen molar-refractivity contribution in [3.8, 4) is 22.3 Å². The lowest BCUT2D eigenvalue weighted by Gasteiger charge is -2.39. The van der Waals surface area contributed by atoms with Crippen LogP contribution in [0.25, 0.3) is 44.1 Å². The summed E-state index contributed by atoms with van der Waals surface area (Å²) in [5, 5.41) is 1.50. The molecule has 7 aromatic rings. The van der Waals surface area contributed by atoms with Crippen LogP contribution < -0.4 is 0 Å². The molecule has 0 N–H and O–H groups in total. The number of fused-ring (bicyclic) bond motifs is 2. The molecule has 0 aliphatic carbocycles.